The van der Waals surface area contributed by atoms with Crippen LogP contribution >= 0.6 is 12.2 Å². The maximum absolute atomic E-state index is 5.55. The summed E-state index contributed by atoms with van der Waals surface area (Å²) in [4.78, 5) is 2.33. The molecule has 1 saturated heterocycles. The van der Waals surface area contributed by atoms with Gasteiger partial charge in [-0.05, 0) is 50.0 Å². The molecule has 2 rings (SSSR count). The molecule has 1 atom stereocenters. The summed E-state index contributed by atoms with van der Waals surface area (Å²) in [5, 5.41) is 4.16. The van der Waals surface area contributed by atoms with Gasteiger partial charge in [-0.3, -0.25) is 0 Å². The van der Waals surface area contributed by atoms with Gasteiger partial charge >= 0.3 is 0 Å². The molecule has 0 saturated carbocycles. The fraction of sp³-hybridized carbons (Fsp3) is 0.533. The second-order valence-electron chi connectivity index (χ2n) is 4.91. The number of nitrogens with zero attached hydrogens (tertiary/aromatic N) is 1. The van der Waals surface area contributed by atoms with Gasteiger partial charge in [-0.2, -0.15) is 0 Å². The standard InChI is InChI=1S/C15H22N2OS/c1-3-13-8-4-5-10-17(13)15(19)16-12-7-6-9-14(11-12)18-2/h6-7,9,11,13H,3-5,8,10H2,1-2H3,(H,16,19)/t13-/m0/s1. The fourth-order valence-electron chi connectivity index (χ4n) is 2.59. The Hall–Kier alpha value is -1.29. The number of nitrogens with one attached hydrogen (secondary N) is 1. The van der Waals surface area contributed by atoms with Crippen molar-refractivity contribution in [3.05, 3.63) is 24.3 Å². The molecule has 1 heterocycles. The molecule has 0 spiro atoms. The molecule has 4 heteroatoms. The van der Waals surface area contributed by atoms with Gasteiger partial charge in [0.1, 0.15) is 5.75 Å². The van der Waals surface area contributed by atoms with Crippen LogP contribution in [0.1, 0.15) is 32.6 Å². The van der Waals surface area contributed by atoms with E-state index in [4.69, 9.17) is 17.0 Å². The van der Waals surface area contributed by atoms with Crippen molar-refractivity contribution >= 4 is 23.0 Å². The predicted molar refractivity (Wildman–Crippen MR) is 83.9 cm³/mol. The van der Waals surface area contributed by atoms with Crippen molar-refractivity contribution < 1.29 is 4.74 Å². The highest BCUT2D eigenvalue weighted by Gasteiger charge is 2.22. The van der Waals surface area contributed by atoms with E-state index < -0.39 is 0 Å². The van der Waals surface area contributed by atoms with Crippen LogP contribution in [0.2, 0.25) is 0 Å². The average molecular weight is 278 g/mol. The molecule has 1 aromatic carbocycles. The maximum Gasteiger partial charge on any atom is 0.173 e. The zero-order chi connectivity index (χ0) is 13.7. The number of piperidine rings is 1. The molecule has 1 aromatic rings. The van der Waals surface area contributed by atoms with Gasteiger partial charge in [0, 0.05) is 24.3 Å². The second-order valence-corrected chi connectivity index (χ2v) is 5.30. The van der Waals surface area contributed by atoms with Crippen LogP contribution in [0.4, 0.5) is 5.69 Å². The molecular formula is C15H22N2OS. The number of ether oxygens (including phenoxy) is 1. The Labute approximate surface area is 120 Å². The van der Waals surface area contributed by atoms with Crippen molar-refractivity contribution in [3.63, 3.8) is 0 Å². The molecule has 0 unspecified atom stereocenters. The summed E-state index contributed by atoms with van der Waals surface area (Å²) < 4.78 is 5.23. The number of benzene rings is 1. The Bertz CT molecular complexity index is 436. The van der Waals surface area contributed by atoms with Crippen LogP contribution in [0.25, 0.3) is 0 Å². The lowest BCUT2D eigenvalue weighted by Gasteiger charge is -2.37. The van der Waals surface area contributed by atoms with E-state index in [9.17, 15) is 0 Å². The van der Waals surface area contributed by atoms with E-state index in [2.05, 4.69) is 17.1 Å². The lowest BCUT2D eigenvalue weighted by molar-refractivity contribution is 0.239. The summed E-state index contributed by atoms with van der Waals surface area (Å²) in [6.45, 7) is 3.30. The third kappa shape index (κ3) is 3.60. The minimum absolute atomic E-state index is 0.583. The summed E-state index contributed by atoms with van der Waals surface area (Å²) >= 11 is 5.55. The lowest BCUT2D eigenvalue weighted by atomic mass is 10.0. The minimum Gasteiger partial charge on any atom is -0.497 e. The highest BCUT2D eigenvalue weighted by molar-refractivity contribution is 7.80. The number of thiocarbonyl (C=S) groups is 1. The Morgan fingerprint density at radius 2 is 2.32 bits per heavy atom. The molecule has 0 amide bonds. The second kappa shape index (κ2) is 6.75. The SMILES string of the molecule is CC[C@H]1CCCCN1C(=S)Nc1cccc(OC)c1. The van der Waals surface area contributed by atoms with Gasteiger partial charge in [0.15, 0.2) is 5.11 Å². The molecule has 1 aliphatic rings. The van der Waals surface area contributed by atoms with E-state index in [1.807, 2.05) is 24.3 Å². The van der Waals surface area contributed by atoms with Crippen LogP contribution in [0.3, 0.4) is 0 Å². The monoisotopic (exact) mass is 278 g/mol. The van der Waals surface area contributed by atoms with E-state index in [0.29, 0.717) is 6.04 Å². The van der Waals surface area contributed by atoms with Crippen molar-refractivity contribution in [1.29, 1.82) is 0 Å². The molecule has 1 N–H and O–H groups in total. The number of hydrogen-bond acceptors (Lipinski definition) is 2. The van der Waals surface area contributed by atoms with E-state index >= 15 is 0 Å². The Kier molecular flexibility index (Phi) is 5.02. The van der Waals surface area contributed by atoms with Crippen molar-refractivity contribution in [2.75, 3.05) is 19.0 Å². The van der Waals surface area contributed by atoms with Crippen LogP contribution in [-0.2, 0) is 0 Å². The van der Waals surface area contributed by atoms with Gasteiger partial charge in [-0.1, -0.05) is 13.0 Å². The third-order valence-electron chi connectivity index (χ3n) is 3.68. The Balaban J connectivity index is 2.02. The van der Waals surface area contributed by atoms with Crippen LogP contribution in [-0.4, -0.2) is 29.7 Å². The predicted octanol–water partition coefficient (Wildman–Crippen LogP) is 3.66. The Morgan fingerprint density at radius 1 is 1.47 bits per heavy atom. The number of methoxy groups -OCH3 is 1. The first kappa shape index (κ1) is 14.1. The lowest BCUT2D eigenvalue weighted by Crippen LogP contribution is -2.45. The van der Waals surface area contributed by atoms with Gasteiger partial charge in [0.2, 0.25) is 0 Å². The highest BCUT2D eigenvalue weighted by atomic mass is 32.1. The van der Waals surface area contributed by atoms with Crippen molar-refractivity contribution in [2.24, 2.45) is 0 Å². The first-order valence-corrected chi connectivity index (χ1v) is 7.37. The van der Waals surface area contributed by atoms with Gasteiger partial charge in [-0.15, -0.1) is 0 Å². The number of anilines is 1. The smallest absolute Gasteiger partial charge is 0.173 e. The Morgan fingerprint density at radius 3 is 3.05 bits per heavy atom. The first-order valence-electron chi connectivity index (χ1n) is 6.96. The van der Waals surface area contributed by atoms with E-state index in [0.717, 1.165) is 29.5 Å². The summed E-state index contributed by atoms with van der Waals surface area (Å²) in [5.74, 6) is 0.846. The molecule has 1 fully saturated rings. The first-order chi connectivity index (χ1) is 9.24. The zero-order valence-electron chi connectivity index (χ0n) is 11.7. The quantitative estimate of drug-likeness (QED) is 0.853. The average Bonchev–Trinajstić information content (AvgIpc) is 2.47. The van der Waals surface area contributed by atoms with Crippen LogP contribution in [0.15, 0.2) is 24.3 Å². The molecule has 1 aliphatic heterocycles. The topological polar surface area (TPSA) is 24.5 Å². The number of hydrogen-bond donors (Lipinski definition) is 1. The third-order valence-corrected chi connectivity index (χ3v) is 4.02. The van der Waals surface area contributed by atoms with E-state index in [-0.39, 0.29) is 0 Å². The molecule has 0 aromatic heterocycles. The summed E-state index contributed by atoms with van der Waals surface area (Å²) in [5.41, 5.74) is 0.991. The van der Waals surface area contributed by atoms with Crippen molar-refractivity contribution in [2.45, 2.75) is 38.6 Å². The summed E-state index contributed by atoms with van der Waals surface area (Å²) in [6, 6.07) is 8.47. The van der Waals surface area contributed by atoms with Crippen molar-refractivity contribution in [1.82, 2.24) is 4.90 Å². The highest BCUT2D eigenvalue weighted by Crippen LogP contribution is 2.22. The molecule has 104 valence electrons. The number of likely N-dealkylation sites (tertiary alicyclic amines) is 1. The molecule has 0 bridgehead atoms. The van der Waals surface area contributed by atoms with Crippen molar-refractivity contribution in [3.8, 4) is 5.75 Å². The molecular weight excluding hydrogens is 256 g/mol. The molecule has 0 aliphatic carbocycles. The molecule has 0 radical (unpaired) electrons. The van der Waals surface area contributed by atoms with Crippen LogP contribution in [0.5, 0.6) is 5.75 Å². The van der Waals surface area contributed by atoms with Crippen LogP contribution < -0.4 is 10.1 Å². The summed E-state index contributed by atoms with van der Waals surface area (Å²) in [6.07, 6.45) is 4.95. The van der Waals surface area contributed by atoms with Gasteiger partial charge in [0.25, 0.3) is 0 Å². The van der Waals surface area contributed by atoms with E-state index in [1.54, 1.807) is 7.11 Å². The zero-order valence-corrected chi connectivity index (χ0v) is 12.5. The number of rotatable bonds is 3. The largest absolute Gasteiger partial charge is 0.497 e. The van der Waals surface area contributed by atoms with Gasteiger partial charge < -0.3 is 15.0 Å². The molecule has 3 nitrogen and oxygen atoms in total. The van der Waals surface area contributed by atoms with Crippen LogP contribution in [0, 0.1) is 0 Å². The normalized spacial score (nSPS) is 19.1. The summed E-state index contributed by atoms with van der Waals surface area (Å²) in [7, 11) is 1.68. The van der Waals surface area contributed by atoms with Gasteiger partial charge in [0.05, 0.1) is 7.11 Å². The minimum atomic E-state index is 0.583. The van der Waals surface area contributed by atoms with Gasteiger partial charge in [-0.25, -0.2) is 0 Å². The van der Waals surface area contributed by atoms with E-state index in [1.165, 1.54) is 19.3 Å². The molecule has 19 heavy (non-hydrogen) atoms. The fourth-order valence-corrected chi connectivity index (χ4v) is 2.95. The maximum atomic E-state index is 5.55.